The second-order valence-electron chi connectivity index (χ2n) is 7.37. The third kappa shape index (κ3) is 2.09. The lowest BCUT2D eigenvalue weighted by atomic mass is 9.62. The topological polar surface area (TPSA) is 86.7 Å². The third-order valence-corrected chi connectivity index (χ3v) is 6.64. The number of ketones is 2. The highest BCUT2D eigenvalue weighted by atomic mass is 16.5. The van der Waals surface area contributed by atoms with Crippen molar-refractivity contribution >= 4 is 23.5 Å². The van der Waals surface area contributed by atoms with Crippen LogP contribution in [0.25, 0.3) is 0 Å². The summed E-state index contributed by atoms with van der Waals surface area (Å²) in [7, 11) is 2.55. The van der Waals surface area contributed by atoms with Crippen LogP contribution in [0.3, 0.4) is 0 Å². The van der Waals surface area contributed by atoms with Crippen molar-refractivity contribution in [2.24, 2.45) is 29.1 Å². The Morgan fingerprint density at radius 1 is 1.04 bits per heavy atom. The van der Waals surface area contributed by atoms with Gasteiger partial charge in [-0.2, -0.15) is 0 Å². The Balaban J connectivity index is 2.19. The van der Waals surface area contributed by atoms with Crippen LogP contribution in [0.1, 0.15) is 39.5 Å². The molecular weight excluding hydrogens is 324 g/mol. The maximum absolute atomic E-state index is 13.4. The minimum atomic E-state index is -1.01. The first-order valence-corrected chi connectivity index (χ1v) is 8.79. The van der Waals surface area contributed by atoms with E-state index in [4.69, 9.17) is 9.47 Å². The van der Waals surface area contributed by atoms with Crippen molar-refractivity contribution in [2.75, 3.05) is 14.2 Å². The molecule has 0 amide bonds. The Kier molecular flexibility index (Phi) is 4.33. The number of carbonyl (C=O) groups excluding carboxylic acids is 4. The maximum atomic E-state index is 13.4. The van der Waals surface area contributed by atoms with Gasteiger partial charge in [0.1, 0.15) is 5.92 Å². The van der Waals surface area contributed by atoms with E-state index < -0.39 is 35.1 Å². The molecule has 136 valence electrons. The van der Waals surface area contributed by atoms with Crippen molar-refractivity contribution in [2.45, 2.75) is 39.5 Å². The number of methoxy groups -OCH3 is 2. The van der Waals surface area contributed by atoms with E-state index in [0.29, 0.717) is 24.0 Å². The van der Waals surface area contributed by atoms with Crippen LogP contribution in [-0.4, -0.2) is 37.7 Å². The van der Waals surface area contributed by atoms with E-state index in [1.807, 2.05) is 0 Å². The summed E-state index contributed by atoms with van der Waals surface area (Å²) in [6.07, 6.45) is 2.86. The van der Waals surface area contributed by atoms with Crippen LogP contribution in [0.15, 0.2) is 11.1 Å². The fourth-order valence-electron chi connectivity index (χ4n) is 5.64. The van der Waals surface area contributed by atoms with Crippen LogP contribution in [0.5, 0.6) is 0 Å². The fraction of sp³-hybridized carbons (Fsp3) is 0.684. The number of carbonyl (C=O) groups is 4. The molecule has 0 aromatic heterocycles. The number of ether oxygens (including phenoxy) is 2. The summed E-state index contributed by atoms with van der Waals surface area (Å²) < 4.78 is 9.76. The molecule has 0 bridgehead atoms. The van der Waals surface area contributed by atoms with Crippen LogP contribution < -0.4 is 0 Å². The molecule has 0 heterocycles. The molecule has 6 nitrogen and oxygen atoms in total. The summed E-state index contributed by atoms with van der Waals surface area (Å²) in [5.41, 5.74) is -0.237. The van der Waals surface area contributed by atoms with E-state index in [1.165, 1.54) is 14.2 Å². The number of hydrogen-bond acceptors (Lipinski definition) is 6. The minimum Gasteiger partial charge on any atom is -0.468 e. The average molecular weight is 348 g/mol. The van der Waals surface area contributed by atoms with Gasteiger partial charge >= 0.3 is 11.9 Å². The fourth-order valence-corrected chi connectivity index (χ4v) is 5.64. The maximum Gasteiger partial charge on any atom is 0.334 e. The highest BCUT2D eigenvalue weighted by Crippen LogP contribution is 2.64. The summed E-state index contributed by atoms with van der Waals surface area (Å²) in [6, 6.07) is 0. The molecule has 3 aliphatic rings. The van der Waals surface area contributed by atoms with Gasteiger partial charge in [-0.05, 0) is 25.7 Å². The molecule has 3 rings (SSSR count). The Hall–Kier alpha value is -1.98. The minimum absolute atomic E-state index is 0.169. The van der Waals surface area contributed by atoms with Gasteiger partial charge in [0.2, 0.25) is 0 Å². The standard InChI is InChI=1S/C19H24O6/c1-9-13(17(22)24-3)11-7-5-6-8-12-15(20)14(18(23)25-4)10(2)19(11,12)16(9)21/h10-12,14H,5-8H2,1-4H3/t10?,11-,12?,14-,19+/m1/s1. The Morgan fingerprint density at radius 3 is 2.20 bits per heavy atom. The zero-order valence-corrected chi connectivity index (χ0v) is 15.1. The zero-order chi connectivity index (χ0) is 18.5. The van der Waals surface area contributed by atoms with Crippen LogP contribution >= 0.6 is 0 Å². The molecule has 5 atom stereocenters. The van der Waals surface area contributed by atoms with Crippen LogP contribution in [0.2, 0.25) is 0 Å². The summed E-state index contributed by atoms with van der Waals surface area (Å²) >= 11 is 0. The molecule has 2 saturated carbocycles. The SMILES string of the molecule is COC(=O)C1=C(C)C(=O)[C@]23C(CCCC[C@H]12)C(=O)[C@H](C(=O)OC)C3C. The van der Waals surface area contributed by atoms with E-state index >= 15 is 0 Å². The number of allylic oxidation sites excluding steroid dienone is 1. The van der Waals surface area contributed by atoms with E-state index in [2.05, 4.69) is 0 Å². The molecule has 0 radical (unpaired) electrons. The van der Waals surface area contributed by atoms with Crippen molar-refractivity contribution in [1.82, 2.24) is 0 Å². The van der Waals surface area contributed by atoms with E-state index in [1.54, 1.807) is 13.8 Å². The van der Waals surface area contributed by atoms with Crippen LogP contribution in [-0.2, 0) is 28.7 Å². The third-order valence-electron chi connectivity index (χ3n) is 6.64. The zero-order valence-electron chi connectivity index (χ0n) is 15.1. The van der Waals surface area contributed by atoms with Crippen LogP contribution in [0, 0.1) is 29.1 Å². The van der Waals surface area contributed by atoms with Gasteiger partial charge in [-0.3, -0.25) is 14.4 Å². The summed E-state index contributed by atoms with van der Waals surface area (Å²) in [4.78, 5) is 51.0. The lowest BCUT2D eigenvalue weighted by molar-refractivity contribution is -0.150. The molecule has 1 spiro atoms. The van der Waals surface area contributed by atoms with Crippen molar-refractivity contribution < 1.29 is 28.7 Å². The van der Waals surface area contributed by atoms with Gasteiger partial charge in [-0.25, -0.2) is 4.79 Å². The lowest BCUT2D eigenvalue weighted by Crippen LogP contribution is -2.44. The van der Waals surface area contributed by atoms with E-state index in [9.17, 15) is 19.2 Å². The largest absolute Gasteiger partial charge is 0.468 e. The number of hydrogen-bond donors (Lipinski definition) is 0. The molecule has 6 heteroatoms. The summed E-state index contributed by atoms with van der Waals surface area (Å²) in [5, 5.41) is 0. The second-order valence-corrected chi connectivity index (χ2v) is 7.37. The van der Waals surface area contributed by atoms with Crippen molar-refractivity contribution in [3.05, 3.63) is 11.1 Å². The molecular formula is C19H24O6. The first kappa shape index (κ1) is 17.8. The highest BCUT2D eigenvalue weighted by molar-refractivity contribution is 6.16. The predicted molar refractivity (Wildman–Crippen MR) is 87.3 cm³/mol. The van der Waals surface area contributed by atoms with Crippen molar-refractivity contribution in [3.63, 3.8) is 0 Å². The van der Waals surface area contributed by atoms with Crippen LogP contribution in [0.4, 0.5) is 0 Å². The number of rotatable bonds is 2. The average Bonchev–Trinajstić information content (AvgIpc) is 2.85. The molecule has 0 aromatic rings. The van der Waals surface area contributed by atoms with Crippen molar-refractivity contribution in [3.8, 4) is 0 Å². The van der Waals surface area contributed by atoms with E-state index in [0.717, 1.165) is 12.8 Å². The van der Waals surface area contributed by atoms with Gasteiger partial charge in [0.15, 0.2) is 11.6 Å². The molecule has 2 unspecified atom stereocenters. The summed E-state index contributed by atoms with van der Waals surface area (Å²) in [6.45, 7) is 3.42. The normalized spacial score (nSPS) is 37.4. The Bertz CT molecular complexity index is 690. The first-order chi connectivity index (χ1) is 11.8. The molecule has 0 aliphatic heterocycles. The predicted octanol–water partition coefficient (Wildman–Crippen LogP) is 1.86. The number of esters is 2. The molecule has 25 heavy (non-hydrogen) atoms. The molecule has 2 fully saturated rings. The second kappa shape index (κ2) is 6.07. The molecule has 0 saturated heterocycles. The smallest absolute Gasteiger partial charge is 0.334 e. The summed E-state index contributed by atoms with van der Waals surface area (Å²) in [5.74, 6) is -3.81. The Labute approximate surface area is 146 Å². The lowest BCUT2D eigenvalue weighted by Gasteiger charge is -2.38. The van der Waals surface area contributed by atoms with Gasteiger partial charge < -0.3 is 9.47 Å². The molecule has 0 aromatic carbocycles. The Morgan fingerprint density at radius 2 is 1.64 bits per heavy atom. The monoisotopic (exact) mass is 348 g/mol. The van der Waals surface area contributed by atoms with Gasteiger partial charge in [0.25, 0.3) is 0 Å². The van der Waals surface area contributed by atoms with Gasteiger partial charge in [-0.15, -0.1) is 0 Å². The van der Waals surface area contributed by atoms with Crippen molar-refractivity contribution in [1.29, 1.82) is 0 Å². The quantitative estimate of drug-likeness (QED) is 0.559. The molecule has 0 N–H and O–H groups in total. The van der Waals surface area contributed by atoms with Gasteiger partial charge in [-0.1, -0.05) is 19.8 Å². The number of Topliss-reactive ketones (excluding diaryl/α,β-unsaturated/α-hetero) is 2. The van der Waals surface area contributed by atoms with E-state index in [-0.39, 0.29) is 17.5 Å². The molecule has 3 aliphatic carbocycles. The highest BCUT2D eigenvalue weighted by Gasteiger charge is 2.70. The first-order valence-electron chi connectivity index (χ1n) is 8.79. The van der Waals surface area contributed by atoms with Gasteiger partial charge in [0.05, 0.1) is 19.6 Å². The van der Waals surface area contributed by atoms with Gasteiger partial charge in [0, 0.05) is 23.0 Å².